The standard InChI is InChI=1S/C24H19N3O3S/c1-14-17-7-3-4-8-18(17)24(29)27(14)15(2)22(28)25-13-16-11-12-20(30-16)23-26-19-9-5-6-10-21(19)31-23/h3-12,15H,1,13H2,2H3,(H,25,28)/t15-/m1/s1. The van der Waals surface area contributed by atoms with Gasteiger partial charge in [0.15, 0.2) is 10.8 Å². The van der Waals surface area contributed by atoms with E-state index in [0.717, 1.165) is 20.8 Å². The molecule has 2 amide bonds. The molecule has 0 radical (unpaired) electrons. The molecule has 6 nitrogen and oxygen atoms in total. The van der Waals surface area contributed by atoms with E-state index in [-0.39, 0.29) is 18.4 Å². The van der Waals surface area contributed by atoms with E-state index in [9.17, 15) is 9.59 Å². The zero-order valence-corrected chi connectivity index (χ0v) is 17.6. The van der Waals surface area contributed by atoms with E-state index in [1.54, 1.807) is 30.4 Å². The van der Waals surface area contributed by atoms with Gasteiger partial charge in [0, 0.05) is 16.8 Å². The number of nitrogens with zero attached hydrogens (tertiary/aromatic N) is 2. The van der Waals surface area contributed by atoms with Crippen molar-refractivity contribution in [2.75, 3.05) is 0 Å². The minimum Gasteiger partial charge on any atom is -0.457 e. The molecule has 0 spiro atoms. The lowest BCUT2D eigenvalue weighted by Gasteiger charge is -2.24. The van der Waals surface area contributed by atoms with Gasteiger partial charge in [0.25, 0.3) is 5.91 Å². The minimum absolute atomic E-state index is 0.209. The zero-order valence-electron chi connectivity index (χ0n) is 16.8. The Morgan fingerprint density at radius 2 is 1.87 bits per heavy atom. The van der Waals surface area contributed by atoms with Crippen LogP contribution in [0.3, 0.4) is 0 Å². The van der Waals surface area contributed by atoms with Gasteiger partial charge in [0.1, 0.15) is 11.8 Å². The number of thiazole rings is 1. The maximum Gasteiger partial charge on any atom is 0.259 e. The molecule has 154 valence electrons. The molecule has 2 aromatic heterocycles. The summed E-state index contributed by atoms with van der Waals surface area (Å²) in [6.07, 6.45) is 0. The second kappa shape index (κ2) is 7.52. The van der Waals surface area contributed by atoms with E-state index in [4.69, 9.17) is 4.42 Å². The van der Waals surface area contributed by atoms with Crippen molar-refractivity contribution in [3.8, 4) is 10.8 Å². The molecule has 0 saturated carbocycles. The highest BCUT2D eigenvalue weighted by Gasteiger charge is 2.36. The molecule has 0 fully saturated rings. The van der Waals surface area contributed by atoms with Crippen LogP contribution in [0.2, 0.25) is 0 Å². The molecule has 0 unspecified atom stereocenters. The lowest BCUT2D eigenvalue weighted by atomic mass is 10.1. The second-order valence-corrected chi connectivity index (χ2v) is 8.34. The maximum atomic E-state index is 12.7. The quantitative estimate of drug-likeness (QED) is 0.500. The van der Waals surface area contributed by atoms with E-state index in [0.29, 0.717) is 22.8 Å². The van der Waals surface area contributed by atoms with E-state index in [1.165, 1.54) is 4.90 Å². The van der Waals surface area contributed by atoms with Gasteiger partial charge in [0.05, 0.1) is 16.8 Å². The number of para-hydroxylation sites is 1. The van der Waals surface area contributed by atoms with E-state index in [1.807, 2.05) is 48.5 Å². The number of carbonyl (C=O) groups excluding carboxylic acids is 2. The maximum absolute atomic E-state index is 12.7. The first-order valence-electron chi connectivity index (χ1n) is 9.87. The van der Waals surface area contributed by atoms with E-state index in [2.05, 4.69) is 16.9 Å². The van der Waals surface area contributed by atoms with Crippen LogP contribution in [0.25, 0.3) is 26.7 Å². The predicted octanol–water partition coefficient (Wildman–Crippen LogP) is 4.69. The number of aromatic nitrogens is 1. The summed E-state index contributed by atoms with van der Waals surface area (Å²) in [7, 11) is 0. The fourth-order valence-electron chi connectivity index (χ4n) is 3.72. The molecule has 2 aromatic carbocycles. The van der Waals surface area contributed by atoms with Gasteiger partial charge < -0.3 is 9.73 Å². The van der Waals surface area contributed by atoms with Crippen LogP contribution in [0.15, 0.2) is 71.7 Å². The van der Waals surface area contributed by atoms with Gasteiger partial charge in [-0.05, 0) is 37.3 Å². The van der Waals surface area contributed by atoms with E-state index < -0.39 is 6.04 Å². The van der Waals surface area contributed by atoms with Gasteiger partial charge in [-0.1, -0.05) is 36.9 Å². The largest absolute Gasteiger partial charge is 0.457 e. The van der Waals surface area contributed by atoms with E-state index >= 15 is 0 Å². The number of hydrogen-bond donors (Lipinski definition) is 1. The Bertz CT molecular complexity index is 1270. The van der Waals surface area contributed by atoms with Crippen LogP contribution < -0.4 is 5.32 Å². The van der Waals surface area contributed by atoms with Crippen molar-refractivity contribution >= 4 is 39.1 Å². The summed E-state index contributed by atoms with van der Waals surface area (Å²) in [6, 6.07) is 18.1. The summed E-state index contributed by atoms with van der Waals surface area (Å²) < 4.78 is 6.97. The van der Waals surface area contributed by atoms with Crippen LogP contribution in [0.1, 0.15) is 28.6 Å². The van der Waals surface area contributed by atoms with Gasteiger partial charge in [-0.15, -0.1) is 11.3 Å². The number of rotatable bonds is 5. The first kappa shape index (κ1) is 19.3. The summed E-state index contributed by atoms with van der Waals surface area (Å²) in [5.74, 6) is 0.793. The zero-order chi connectivity index (χ0) is 21.5. The Kier molecular flexibility index (Phi) is 4.67. The Morgan fingerprint density at radius 3 is 2.65 bits per heavy atom. The number of amides is 2. The second-order valence-electron chi connectivity index (χ2n) is 7.31. The number of carbonyl (C=O) groups is 2. The van der Waals surface area contributed by atoms with Gasteiger partial charge >= 0.3 is 0 Å². The molecule has 1 N–H and O–H groups in total. The van der Waals surface area contributed by atoms with Crippen molar-refractivity contribution in [3.63, 3.8) is 0 Å². The average Bonchev–Trinajstić information content (AvgIpc) is 3.49. The van der Waals surface area contributed by atoms with Gasteiger partial charge in [-0.2, -0.15) is 0 Å². The summed E-state index contributed by atoms with van der Waals surface area (Å²) in [4.78, 5) is 31.5. The first-order chi connectivity index (χ1) is 15.0. The molecule has 31 heavy (non-hydrogen) atoms. The number of furan rings is 1. The third-order valence-electron chi connectivity index (χ3n) is 5.35. The van der Waals surface area contributed by atoms with Gasteiger partial charge in [-0.25, -0.2) is 4.98 Å². The highest BCUT2D eigenvalue weighted by molar-refractivity contribution is 7.21. The summed E-state index contributed by atoms with van der Waals surface area (Å²) >= 11 is 1.56. The molecule has 5 rings (SSSR count). The fourth-order valence-corrected chi connectivity index (χ4v) is 4.65. The van der Waals surface area contributed by atoms with Crippen molar-refractivity contribution < 1.29 is 14.0 Å². The molecule has 1 aliphatic heterocycles. The number of hydrogen-bond acceptors (Lipinski definition) is 5. The SMILES string of the molecule is C=C1c2ccccc2C(=O)N1[C@H](C)C(=O)NCc1ccc(-c2nc3ccccc3s2)o1. The average molecular weight is 430 g/mol. The summed E-state index contributed by atoms with van der Waals surface area (Å²) in [6.45, 7) is 5.92. The van der Waals surface area contributed by atoms with Crippen molar-refractivity contribution in [2.45, 2.75) is 19.5 Å². The van der Waals surface area contributed by atoms with Crippen LogP contribution in [-0.4, -0.2) is 27.7 Å². The molecule has 0 saturated heterocycles. The van der Waals surface area contributed by atoms with Gasteiger partial charge in [0.2, 0.25) is 5.91 Å². The minimum atomic E-state index is -0.689. The first-order valence-corrected chi connectivity index (χ1v) is 10.7. The molecule has 4 aromatic rings. The topological polar surface area (TPSA) is 75.4 Å². The molecular formula is C24H19N3O3S. The van der Waals surface area contributed by atoms with Crippen LogP contribution in [0.4, 0.5) is 0 Å². The molecule has 0 bridgehead atoms. The van der Waals surface area contributed by atoms with Crippen molar-refractivity contribution in [2.24, 2.45) is 0 Å². The molecule has 1 atom stereocenters. The fraction of sp³-hybridized carbons (Fsp3) is 0.125. The Hall–Kier alpha value is -3.71. The molecule has 7 heteroatoms. The third kappa shape index (κ3) is 3.33. The monoisotopic (exact) mass is 429 g/mol. The van der Waals surface area contributed by atoms with Crippen LogP contribution in [0, 0.1) is 0 Å². The van der Waals surface area contributed by atoms with Crippen LogP contribution in [0.5, 0.6) is 0 Å². The molecule has 1 aliphatic rings. The molecular weight excluding hydrogens is 410 g/mol. The van der Waals surface area contributed by atoms with Crippen molar-refractivity contribution in [3.05, 3.63) is 84.1 Å². The van der Waals surface area contributed by atoms with Gasteiger partial charge in [-0.3, -0.25) is 14.5 Å². The number of fused-ring (bicyclic) bond motifs is 2. The smallest absolute Gasteiger partial charge is 0.259 e. The van der Waals surface area contributed by atoms with Crippen molar-refractivity contribution in [1.29, 1.82) is 0 Å². The lowest BCUT2D eigenvalue weighted by Crippen LogP contribution is -2.44. The molecule has 0 aliphatic carbocycles. The van der Waals surface area contributed by atoms with Crippen LogP contribution >= 0.6 is 11.3 Å². The predicted molar refractivity (Wildman–Crippen MR) is 120 cm³/mol. The normalized spacial score (nSPS) is 14.2. The Morgan fingerprint density at radius 1 is 1.13 bits per heavy atom. The highest BCUT2D eigenvalue weighted by Crippen LogP contribution is 2.33. The van der Waals surface area contributed by atoms with Crippen molar-refractivity contribution in [1.82, 2.24) is 15.2 Å². The Labute approximate surface area is 182 Å². The molecule has 3 heterocycles. The summed E-state index contributed by atoms with van der Waals surface area (Å²) in [5, 5.41) is 3.65. The number of benzene rings is 2. The van der Waals surface area contributed by atoms with Crippen LogP contribution in [-0.2, 0) is 11.3 Å². The third-order valence-corrected chi connectivity index (χ3v) is 6.40. The summed E-state index contributed by atoms with van der Waals surface area (Å²) in [5.41, 5.74) is 2.80. The lowest BCUT2D eigenvalue weighted by molar-refractivity contribution is -0.124. The Balaban J connectivity index is 1.26. The highest BCUT2D eigenvalue weighted by atomic mass is 32.1. The number of nitrogens with one attached hydrogen (secondary N) is 1.